The number of nitrogens with zero attached hydrogens (tertiary/aromatic N) is 2. The number of likely N-dealkylation sites (tertiary alicyclic amines) is 1. The Labute approximate surface area is 117 Å². The molecule has 0 radical (unpaired) electrons. The Morgan fingerprint density at radius 1 is 1.37 bits per heavy atom. The summed E-state index contributed by atoms with van der Waals surface area (Å²) in [4.78, 5) is 3.49. The molecule has 0 aromatic rings. The Morgan fingerprint density at radius 3 is 2.26 bits per heavy atom. The van der Waals surface area contributed by atoms with E-state index in [4.69, 9.17) is 5.73 Å². The first-order valence-electron chi connectivity index (χ1n) is 6.43. The molecule has 1 rings (SSSR count). The lowest BCUT2D eigenvalue weighted by Crippen LogP contribution is -2.46. The maximum absolute atomic E-state index is 12.8. The zero-order chi connectivity index (χ0) is 14.6. The molecule has 3 nitrogen and oxygen atoms in total. The molecule has 1 aliphatic heterocycles. The summed E-state index contributed by atoms with van der Waals surface area (Å²) >= 11 is 4.54. The topological polar surface area (TPSA) is 32.5 Å². The first kappa shape index (κ1) is 16.7. The summed E-state index contributed by atoms with van der Waals surface area (Å²) in [6, 6.07) is 0. The first-order valence-corrected chi connectivity index (χ1v) is 6.84. The second kappa shape index (κ2) is 6.85. The fourth-order valence-electron chi connectivity index (χ4n) is 2.48. The van der Waals surface area contributed by atoms with Crippen molar-refractivity contribution in [1.29, 1.82) is 0 Å². The molecule has 0 aliphatic carbocycles. The van der Waals surface area contributed by atoms with E-state index in [1.165, 1.54) is 0 Å². The molecular weight excluding hydrogens is 275 g/mol. The van der Waals surface area contributed by atoms with E-state index in [-0.39, 0.29) is 6.54 Å². The number of rotatable bonds is 5. The van der Waals surface area contributed by atoms with Crippen LogP contribution in [0.5, 0.6) is 0 Å². The van der Waals surface area contributed by atoms with Gasteiger partial charge in [-0.15, -0.1) is 0 Å². The van der Waals surface area contributed by atoms with Gasteiger partial charge >= 0.3 is 6.18 Å². The fourth-order valence-corrected chi connectivity index (χ4v) is 2.69. The number of nitrogens with two attached hydrogens (primary N) is 1. The second-order valence-corrected chi connectivity index (χ2v) is 5.97. The van der Waals surface area contributed by atoms with E-state index in [2.05, 4.69) is 17.1 Å². The van der Waals surface area contributed by atoms with Crippen molar-refractivity contribution in [2.45, 2.75) is 19.0 Å². The molecule has 0 saturated carbocycles. The van der Waals surface area contributed by atoms with Gasteiger partial charge in [-0.25, -0.2) is 0 Å². The van der Waals surface area contributed by atoms with Gasteiger partial charge in [0.15, 0.2) is 0 Å². The van der Waals surface area contributed by atoms with Gasteiger partial charge in [-0.05, 0) is 45.9 Å². The highest BCUT2D eigenvalue weighted by atomic mass is 32.1. The molecule has 7 heteroatoms. The molecule has 1 heterocycles. The van der Waals surface area contributed by atoms with Crippen LogP contribution in [0.25, 0.3) is 0 Å². The highest BCUT2D eigenvalue weighted by molar-refractivity contribution is 7.80. The lowest BCUT2D eigenvalue weighted by Gasteiger charge is -2.35. The molecule has 1 unspecified atom stereocenters. The lowest BCUT2D eigenvalue weighted by molar-refractivity contribution is -0.160. The molecule has 1 saturated heterocycles. The zero-order valence-corrected chi connectivity index (χ0v) is 12.2. The van der Waals surface area contributed by atoms with Gasteiger partial charge in [-0.2, -0.15) is 13.2 Å². The van der Waals surface area contributed by atoms with Crippen LogP contribution >= 0.6 is 12.2 Å². The molecular formula is C12H22F3N3S. The van der Waals surface area contributed by atoms with Crippen molar-refractivity contribution < 1.29 is 13.2 Å². The zero-order valence-electron chi connectivity index (χ0n) is 11.4. The third kappa shape index (κ3) is 5.62. The van der Waals surface area contributed by atoms with Crippen LogP contribution in [0.4, 0.5) is 13.2 Å². The minimum absolute atomic E-state index is 0.104. The summed E-state index contributed by atoms with van der Waals surface area (Å²) in [5.74, 6) is -1.12. The predicted octanol–water partition coefficient (Wildman–Crippen LogP) is 1.72. The number of piperidine rings is 1. The van der Waals surface area contributed by atoms with Crippen LogP contribution in [0.15, 0.2) is 0 Å². The van der Waals surface area contributed by atoms with E-state index in [1.54, 1.807) is 0 Å². The minimum Gasteiger partial charge on any atom is -0.393 e. The average Bonchev–Trinajstić information content (AvgIpc) is 2.25. The van der Waals surface area contributed by atoms with Gasteiger partial charge in [0.2, 0.25) is 0 Å². The van der Waals surface area contributed by atoms with Gasteiger partial charge in [-0.1, -0.05) is 12.2 Å². The average molecular weight is 297 g/mol. The van der Waals surface area contributed by atoms with Gasteiger partial charge in [0.1, 0.15) is 5.92 Å². The largest absolute Gasteiger partial charge is 0.399 e. The summed E-state index contributed by atoms with van der Waals surface area (Å²) in [6.07, 6.45) is -2.48. The van der Waals surface area contributed by atoms with E-state index in [9.17, 15) is 13.2 Å². The molecule has 0 bridgehead atoms. The third-order valence-corrected chi connectivity index (χ3v) is 3.79. The Morgan fingerprint density at radius 2 is 1.89 bits per heavy atom. The minimum atomic E-state index is -4.34. The van der Waals surface area contributed by atoms with Crippen molar-refractivity contribution in [1.82, 2.24) is 9.80 Å². The quantitative estimate of drug-likeness (QED) is 0.783. The van der Waals surface area contributed by atoms with Crippen LogP contribution in [0.2, 0.25) is 0 Å². The standard InChI is InChI=1S/C12H22F3N3S/c1-17(2)7-9-3-5-18(6-4-9)8-10(11(16)19)12(13,14)15/h9-10H,3-8H2,1-2H3,(H2,16,19). The summed E-state index contributed by atoms with van der Waals surface area (Å²) < 4.78 is 38.3. The van der Waals surface area contributed by atoms with Crippen molar-refractivity contribution in [2.24, 2.45) is 17.6 Å². The van der Waals surface area contributed by atoms with Crippen LogP contribution in [0, 0.1) is 11.8 Å². The molecule has 1 fully saturated rings. The van der Waals surface area contributed by atoms with Gasteiger partial charge in [-0.3, -0.25) is 0 Å². The number of thiocarbonyl (C=S) groups is 1. The van der Waals surface area contributed by atoms with Crippen LogP contribution < -0.4 is 5.73 Å². The van der Waals surface area contributed by atoms with E-state index in [1.807, 2.05) is 19.0 Å². The molecule has 112 valence electrons. The predicted molar refractivity (Wildman–Crippen MR) is 74.0 cm³/mol. The Bertz CT molecular complexity index is 299. The van der Waals surface area contributed by atoms with Crippen molar-refractivity contribution >= 4 is 17.2 Å². The number of hydrogen-bond acceptors (Lipinski definition) is 3. The van der Waals surface area contributed by atoms with Crippen molar-refractivity contribution in [3.8, 4) is 0 Å². The van der Waals surface area contributed by atoms with Crippen molar-refractivity contribution in [2.75, 3.05) is 40.3 Å². The molecule has 0 amide bonds. The molecule has 0 aromatic carbocycles. The molecule has 1 aliphatic rings. The van der Waals surface area contributed by atoms with Crippen LogP contribution in [-0.4, -0.2) is 61.2 Å². The summed E-state index contributed by atoms with van der Waals surface area (Å²) in [5.41, 5.74) is 5.21. The summed E-state index contributed by atoms with van der Waals surface area (Å²) in [7, 11) is 4.03. The summed E-state index contributed by atoms with van der Waals surface area (Å²) in [6.45, 7) is 2.26. The van der Waals surface area contributed by atoms with E-state index >= 15 is 0 Å². The Kier molecular flexibility index (Phi) is 6.01. The smallest absolute Gasteiger partial charge is 0.393 e. The van der Waals surface area contributed by atoms with Gasteiger partial charge in [0, 0.05) is 13.1 Å². The number of hydrogen-bond donors (Lipinski definition) is 1. The molecule has 2 N–H and O–H groups in total. The number of halogens is 3. The molecule has 0 spiro atoms. The number of alkyl halides is 3. The van der Waals surface area contributed by atoms with Gasteiger partial charge in [0.05, 0.1) is 4.99 Å². The fraction of sp³-hybridized carbons (Fsp3) is 0.917. The highest BCUT2D eigenvalue weighted by Gasteiger charge is 2.42. The first-order chi connectivity index (χ1) is 8.70. The van der Waals surface area contributed by atoms with Crippen LogP contribution in [0.1, 0.15) is 12.8 Å². The SMILES string of the molecule is CN(C)CC1CCN(CC(C(N)=S)C(F)(F)F)CC1. The second-order valence-electron chi connectivity index (χ2n) is 5.50. The molecule has 1 atom stereocenters. The van der Waals surface area contributed by atoms with Gasteiger partial charge in [0.25, 0.3) is 0 Å². The maximum Gasteiger partial charge on any atom is 0.399 e. The molecule has 0 aromatic heterocycles. The van der Waals surface area contributed by atoms with E-state index in [0.29, 0.717) is 19.0 Å². The Balaban J connectivity index is 2.45. The molecule has 19 heavy (non-hydrogen) atoms. The highest BCUT2D eigenvalue weighted by Crippen LogP contribution is 2.28. The van der Waals surface area contributed by atoms with Crippen molar-refractivity contribution in [3.05, 3.63) is 0 Å². The van der Waals surface area contributed by atoms with Gasteiger partial charge < -0.3 is 15.5 Å². The Hall–Kier alpha value is -0.400. The monoisotopic (exact) mass is 297 g/mol. The van der Waals surface area contributed by atoms with E-state index < -0.39 is 17.1 Å². The van der Waals surface area contributed by atoms with Crippen LogP contribution in [-0.2, 0) is 0 Å². The van der Waals surface area contributed by atoms with E-state index in [0.717, 1.165) is 19.4 Å². The summed E-state index contributed by atoms with van der Waals surface area (Å²) in [5, 5.41) is 0. The van der Waals surface area contributed by atoms with Crippen LogP contribution in [0.3, 0.4) is 0 Å². The third-order valence-electron chi connectivity index (χ3n) is 3.51. The maximum atomic E-state index is 12.8. The van der Waals surface area contributed by atoms with Crippen molar-refractivity contribution in [3.63, 3.8) is 0 Å². The normalized spacial score (nSPS) is 20.7. The lowest BCUT2D eigenvalue weighted by atomic mass is 9.95.